The van der Waals surface area contributed by atoms with Crippen LogP contribution in [0, 0.1) is 23.7 Å². The van der Waals surface area contributed by atoms with Crippen LogP contribution in [0.2, 0.25) is 0 Å². The fraction of sp³-hybridized carbons (Fsp3) is 1.00. The van der Waals surface area contributed by atoms with Gasteiger partial charge >= 0.3 is 0 Å². The van der Waals surface area contributed by atoms with Gasteiger partial charge in [0, 0.05) is 5.25 Å². The molecular weight excluding hydrogens is 176 g/mol. The average molecular weight is 200 g/mol. The summed E-state index contributed by atoms with van der Waals surface area (Å²) in [4.78, 5) is 0. The van der Waals surface area contributed by atoms with E-state index in [1.165, 1.54) is 12.2 Å². The summed E-state index contributed by atoms with van der Waals surface area (Å²) in [5.74, 6) is 4.94. The van der Waals surface area contributed by atoms with Crippen molar-refractivity contribution in [1.29, 1.82) is 0 Å². The third-order valence-corrected chi connectivity index (χ3v) is 5.68. The summed E-state index contributed by atoms with van der Waals surface area (Å²) in [6.45, 7) is 12.1. The maximum atomic E-state index is 2.44. The Morgan fingerprint density at radius 3 is 2.08 bits per heavy atom. The van der Waals surface area contributed by atoms with Crippen molar-refractivity contribution in [2.24, 2.45) is 23.7 Å². The van der Waals surface area contributed by atoms with Gasteiger partial charge in [0.2, 0.25) is 0 Å². The molecule has 1 rings (SSSR count). The maximum absolute atomic E-state index is 2.44. The minimum atomic E-state index is 0.852. The lowest BCUT2D eigenvalue weighted by Gasteiger charge is -2.36. The Labute approximate surface area is 87.9 Å². The van der Waals surface area contributed by atoms with Crippen LogP contribution in [0.15, 0.2) is 0 Å². The molecule has 1 aliphatic heterocycles. The third kappa shape index (κ3) is 2.65. The van der Waals surface area contributed by atoms with Crippen molar-refractivity contribution in [3.63, 3.8) is 0 Å². The Balaban J connectivity index is 2.65. The van der Waals surface area contributed by atoms with Crippen molar-refractivity contribution in [3.8, 4) is 0 Å². The summed E-state index contributed by atoms with van der Waals surface area (Å²) in [5.41, 5.74) is 0. The van der Waals surface area contributed by atoms with E-state index < -0.39 is 0 Å². The van der Waals surface area contributed by atoms with Gasteiger partial charge in [0.1, 0.15) is 0 Å². The first-order chi connectivity index (χ1) is 6.04. The minimum Gasteiger partial charge on any atom is -0.159 e. The molecule has 78 valence electrons. The Morgan fingerprint density at radius 2 is 1.46 bits per heavy atom. The zero-order chi connectivity index (χ0) is 10.0. The van der Waals surface area contributed by atoms with Crippen molar-refractivity contribution < 1.29 is 0 Å². The third-order valence-electron chi connectivity index (χ3n) is 4.25. The number of hydrogen-bond donors (Lipinski definition) is 0. The molecule has 13 heavy (non-hydrogen) atoms. The van der Waals surface area contributed by atoms with Gasteiger partial charge in [-0.25, -0.2) is 0 Å². The van der Waals surface area contributed by atoms with E-state index in [0.717, 1.165) is 28.9 Å². The normalized spacial score (nSPS) is 48.2. The second kappa shape index (κ2) is 4.72. The molecule has 0 aromatic carbocycles. The van der Waals surface area contributed by atoms with Crippen molar-refractivity contribution in [3.05, 3.63) is 0 Å². The summed E-state index contributed by atoms with van der Waals surface area (Å²) < 4.78 is 0. The van der Waals surface area contributed by atoms with Crippen LogP contribution in [0.3, 0.4) is 0 Å². The zero-order valence-corrected chi connectivity index (χ0v) is 10.5. The largest absolute Gasteiger partial charge is 0.159 e. The van der Waals surface area contributed by atoms with Gasteiger partial charge < -0.3 is 0 Å². The second-order valence-corrected chi connectivity index (χ2v) is 6.40. The van der Waals surface area contributed by atoms with E-state index in [1.807, 2.05) is 0 Å². The number of rotatable bonds is 0. The van der Waals surface area contributed by atoms with Crippen molar-refractivity contribution in [1.82, 2.24) is 0 Å². The van der Waals surface area contributed by atoms with Crippen LogP contribution in [-0.4, -0.2) is 11.0 Å². The summed E-state index contributed by atoms with van der Waals surface area (Å²) in [5, 5.41) is 0.852. The van der Waals surface area contributed by atoms with Gasteiger partial charge in [0.25, 0.3) is 0 Å². The van der Waals surface area contributed by atoms with Gasteiger partial charge in [0.15, 0.2) is 0 Å². The molecule has 1 heterocycles. The molecular formula is C12H24S. The molecule has 0 N–H and O–H groups in total. The molecule has 0 saturated carbocycles. The molecule has 0 aromatic rings. The van der Waals surface area contributed by atoms with E-state index in [4.69, 9.17) is 0 Å². The summed E-state index contributed by atoms with van der Waals surface area (Å²) in [7, 11) is 0. The Bertz CT molecular complexity index is 139. The first-order valence-corrected chi connectivity index (χ1v) is 6.70. The molecule has 0 aromatic heterocycles. The van der Waals surface area contributed by atoms with Crippen LogP contribution in [0.1, 0.15) is 41.0 Å². The zero-order valence-electron chi connectivity index (χ0n) is 9.71. The van der Waals surface area contributed by atoms with E-state index in [-0.39, 0.29) is 0 Å². The van der Waals surface area contributed by atoms with Crippen LogP contribution >= 0.6 is 11.8 Å². The SMILES string of the molecule is CC1CCSC(C)C(C)C(C)C1C. The highest BCUT2D eigenvalue weighted by molar-refractivity contribution is 7.99. The van der Waals surface area contributed by atoms with E-state index in [9.17, 15) is 0 Å². The molecule has 0 bridgehead atoms. The first kappa shape index (κ1) is 11.4. The van der Waals surface area contributed by atoms with Gasteiger partial charge in [-0.1, -0.05) is 34.6 Å². The smallest absolute Gasteiger partial charge is 0.00470 e. The highest BCUT2D eigenvalue weighted by Crippen LogP contribution is 2.37. The standard InChI is InChI=1S/C12H24S/c1-8-6-7-13-12(5)11(4)10(3)9(8)2/h8-12H,6-7H2,1-5H3. The number of thioether (sulfide) groups is 1. The van der Waals surface area contributed by atoms with Crippen LogP contribution in [0.25, 0.3) is 0 Å². The van der Waals surface area contributed by atoms with Crippen LogP contribution in [0.5, 0.6) is 0 Å². The topological polar surface area (TPSA) is 0 Å². The Morgan fingerprint density at radius 1 is 0.846 bits per heavy atom. The van der Waals surface area contributed by atoms with Crippen LogP contribution < -0.4 is 0 Å². The molecule has 5 atom stereocenters. The van der Waals surface area contributed by atoms with Crippen molar-refractivity contribution in [2.45, 2.75) is 46.3 Å². The summed E-state index contributed by atoms with van der Waals surface area (Å²) in [6.07, 6.45) is 1.41. The molecule has 1 saturated heterocycles. The molecule has 1 heteroatoms. The highest BCUT2D eigenvalue weighted by Gasteiger charge is 2.29. The van der Waals surface area contributed by atoms with E-state index in [1.54, 1.807) is 0 Å². The molecule has 0 amide bonds. The molecule has 1 fully saturated rings. The minimum absolute atomic E-state index is 0.852. The van der Waals surface area contributed by atoms with E-state index in [2.05, 4.69) is 46.4 Å². The molecule has 1 aliphatic rings. The quantitative estimate of drug-likeness (QED) is 0.568. The average Bonchev–Trinajstić information content (AvgIpc) is 2.12. The van der Waals surface area contributed by atoms with Crippen molar-refractivity contribution in [2.75, 3.05) is 5.75 Å². The molecule has 0 aliphatic carbocycles. The molecule has 0 spiro atoms. The van der Waals surface area contributed by atoms with Gasteiger partial charge in [-0.3, -0.25) is 0 Å². The highest BCUT2D eigenvalue weighted by atomic mass is 32.2. The molecule has 0 radical (unpaired) electrons. The molecule has 0 nitrogen and oxygen atoms in total. The summed E-state index contributed by atoms with van der Waals surface area (Å²) in [6, 6.07) is 0. The van der Waals surface area contributed by atoms with Gasteiger partial charge in [0.05, 0.1) is 0 Å². The van der Waals surface area contributed by atoms with Gasteiger partial charge in [-0.05, 0) is 35.8 Å². The maximum Gasteiger partial charge on any atom is 0.00470 e. The second-order valence-electron chi connectivity index (χ2n) is 4.92. The first-order valence-electron chi connectivity index (χ1n) is 5.65. The van der Waals surface area contributed by atoms with Crippen molar-refractivity contribution >= 4 is 11.8 Å². The molecule has 5 unspecified atom stereocenters. The van der Waals surface area contributed by atoms with Crippen LogP contribution in [-0.2, 0) is 0 Å². The predicted octanol–water partition coefficient (Wildman–Crippen LogP) is 4.06. The predicted molar refractivity (Wildman–Crippen MR) is 63.2 cm³/mol. The monoisotopic (exact) mass is 200 g/mol. The van der Waals surface area contributed by atoms with Gasteiger partial charge in [-0.2, -0.15) is 11.8 Å². The van der Waals surface area contributed by atoms with Crippen LogP contribution in [0.4, 0.5) is 0 Å². The Hall–Kier alpha value is 0.350. The lowest BCUT2D eigenvalue weighted by Crippen LogP contribution is -2.30. The van der Waals surface area contributed by atoms with Gasteiger partial charge in [-0.15, -0.1) is 0 Å². The lowest BCUT2D eigenvalue weighted by atomic mass is 9.76. The fourth-order valence-corrected chi connectivity index (χ4v) is 3.71. The Kier molecular flexibility index (Phi) is 4.15. The lowest BCUT2D eigenvalue weighted by molar-refractivity contribution is 0.204. The fourth-order valence-electron chi connectivity index (χ4n) is 2.28. The van der Waals surface area contributed by atoms with E-state index in [0.29, 0.717) is 0 Å². The number of hydrogen-bond acceptors (Lipinski definition) is 1. The summed E-state index contributed by atoms with van der Waals surface area (Å²) >= 11 is 2.17. The van der Waals surface area contributed by atoms with E-state index >= 15 is 0 Å².